The third-order valence-electron chi connectivity index (χ3n) is 3.20. The average Bonchev–Trinajstić information content (AvgIpc) is 2.43. The molecule has 0 saturated heterocycles. The summed E-state index contributed by atoms with van der Waals surface area (Å²) in [5.41, 5.74) is 2.56. The van der Waals surface area contributed by atoms with Crippen LogP contribution in [0, 0.1) is 24.0 Å². The van der Waals surface area contributed by atoms with Gasteiger partial charge >= 0.3 is 0 Å². The predicted octanol–water partition coefficient (Wildman–Crippen LogP) is 3.72. The van der Waals surface area contributed by atoms with Crippen LogP contribution < -0.4 is 10.1 Å². The van der Waals surface area contributed by atoms with Crippen LogP contribution in [-0.2, 0) is 6.54 Å². The van der Waals surface area contributed by atoms with Gasteiger partial charge in [0.15, 0.2) is 0 Å². The van der Waals surface area contributed by atoms with Gasteiger partial charge < -0.3 is 10.1 Å². The SMILES string of the molecule is CNCc1cccc(Oc2cc(C)c([N+](=O)[O-])cc2C)c1. The van der Waals surface area contributed by atoms with E-state index in [0.29, 0.717) is 11.3 Å². The molecule has 2 aromatic carbocycles. The number of hydrogen-bond acceptors (Lipinski definition) is 4. The summed E-state index contributed by atoms with van der Waals surface area (Å²) >= 11 is 0. The van der Waals surface area contributed by atoms with Crippen LogP contribution in [0.3, 0.4) is 0 Å². The summed E-state index contributed by atoms with van der Waals surface area (Å²) in [6.07, 6.45) is 0. The molecule has 5 heteroatoms. The lowest BCUT2D eigenvalue weighted by Crippen LogP contribution is -2.04. The van der Waals surface area contributed by atoms with Gasteiger partial charge in [-0.05, 0) is 50.2 Å². The summed E-state index contributed by atoms with van der Waals surface area (Å²) in [4.78, 5) is 10.5. The van der Waals surface area contributed by atoms with E-state index in [0.717, 1.165) is 23.4 Å². The van der Waals surface area contributed by atoms with E-state index in [1.54, 1.807) is 26.0 Å². The highest BCUT2D eigenvalue weighted by atomic mass is 16.6. The van der Waals surface area contributed by atoms with Crippen molar-refractivity contribution >= 4 is 5.69 Å². The van der Waals surface area contributed by atoms with Crippen LogP contribution in [0.1, 0.15) is 16.7 Å². The fraction of sp³-hybridized carbons (Fsp3) is 0.250. The zero-order valence-electron chi connectivity index (χ0n) is 12.3. The number of aryl methyl sites for hydroxylation is 2. The second-order valence-electron chi connectivity index (χ2n) is 4.94. The molecule has 2 rings (SSSR count). The Bertz CT molecular complexity index is 669. The minimum absolute atomic E-state index is 0.115. The van der Waals surface area contributed by atoms with E-state index in [1.807, 2.05) is 31.3 Å². The molecule has 0 unspecified atom stereocenters. The van der Waals surface area contributed by atoms with Gasteiger partial charge in [-0.3, -0.25) is 10.1 Å². The Morgan fingerprint density at radius 1 is 1.19 bits per heavy atom. The Morgan fingerprint density at radius 3 is 2.62 bits per heavy atom. The maximum absolute atomic E-state index is 10.9. The summed E-state index contributed by atoms with van der Waals surface area (Å²) in [5, 5.41) is 14.0. The smallest absolute Gasteiger partial charge is 0.272 e. The number of hydrogen-bond donors (Lipinski definition) is 1. The molecular weight excluding hydrogens is 268 g/mol. The number of ether oxygens (including phenoxy) is 1. The fourth-order valence-corrected chi connectivity index (χ4v) is 2.13. The quantitative estimate of drug-likeness (QED) is 0.672. The van der Waals surface area contributed by atoms with E-state index in [-0.39, 0.29) is 10.6 Å². The van der Waals surface area contributed by atoms with Gasteiger partial charge in [-0.1, -0.05) is 12.1 Å². The van der Waals surface area contributed by atoms with Gasteiger partial charge in [0.05, 0.1) is 4.92 Å². The molecule has 2 aromatic rings. The second kappa shape index (κ2) is 6.37. The Hall–Kier alpha value is -2.40. The maximum atomic E-state index is 10.9. The van der Waals surface area contributed by atoms with Crippen molar-refractivity contribution in [2.24, 2.45) is 0 Å². The lowest BCUT2D eigenvalue weighted by Gasteiger charge is -2.11. The van der Waals surface area contributed by atoms with Gasteiger partial charge in [0.25, 0.3) is 5.69 Å². The van der Waals surface area contributed by atoms with Crippen LogP contribution in [0.2, 0.25) is 0 Å². The molecule has 0 bridgehead atoms. The van der Waals surface area contributed by atoms with Crippen molar-refractivity contribution in [2.75, 3.05) is 7.05 Å². The number of nitrogens with one attached hydrogen (secondary N) is 1. The standard InChI is InChI=1S/C16H18N2O3/c1-11-8-16(12(2)7-15(11)18(19)20)21-14-6-4-5-13(9-14)10-17-3/h4-9,17H,10H2,1-3H3. The molecule has 0 amide bonds. The lowest BCUT2D eigenvalue weighted by molar-refractivity contribution is -0.385. The average molecular weight is 286 g/mol. The van der Waals surface area contributed by atoms with Crippen molar-refractivity contribution < 1.29 is 9.66 Å². The summed E-state index contributed by atoms with van der Waals surface area (Å²) in [7, 11) is 1.89. The van der Waals surface area contributed by atoms with Crippen molar-refractivity contribution in [1.82, 2.24) is 5.32 Å². The summed E-state index contributed by atoms with van der Waals surface area (Å²) in [6.45, 7) is 4.27. The van der Waals surface area contributed by atoms with Crippen LogP contribution in [0.25, 0.3) is 0 Å². The largest absolute Gasteiger partial charge is 0.457 e. The molecule has 0 heterocycles. The Morgan fingerprint density at radius 2 is 1.95 bits per heavy atom. The fourth-order valence-electron chi connectivity index (χ4n) is 2.13. The third kappa shape index (κ3) is 3.58. The first-order valence-electron chi connectivity index (χ1n) is 6.68. The van der Waals surface area contributed by atoms with E-state index in [9.17, 15) is 10.1 Å². The minimum atomic E-state index is -0.375. The predicted molar refractivity (Wildman–Crippen MR) is 81.9 cm³/mol. The van der Waals surface area contributed by atoms with Crippen LogP contribution in [0.5, 0.6) is 11.5 Å². The summed E-state index contributed by atoms with van der Waals surface area (Å²) in [5.74, 6) is 1.36. The topological polar surface area (TPSA) is 64.4 Å². The molecule has 0 saturated carbocycles. The highest BCUT2D eigenvalue weighted by Gasteiger charge is 2.14. The molecule has 21 heavy (non-hydrogen) atoms. The molecular formula is C16H18N2O3. The highest BCUT2D eigenvalue weighted by Crippen LogP contribution is 2.31. The number of nitrogens with zero attached hydrogens (tertiary/aromatic N) is 1. The number of benzene rings is 2. The van der Waals surface area contributed by atoms with Crippen molar-refractivity contribution in [3.63, 3.8) is 0 Å². The summed E-state index contributed by atoms with van der Waals surface area (Å²) < 4.78 is 5.86. The number of rotatable bonds is 5. The Balaban J connectivity index is 2.29. The maximum Gasteiger partial charge on any atom is 0.272 e. The van der Waals surface area contributed by atoms with Gasteiger partial charge in [0.2, 0.25) is 0 Å². The van der Waals surface area contributed by atoms with Crippen molar-refractivity contribution in [1.29, 1.82) is 0 Å². The normalized spacial score (nSPS) is 10.4. The van der Waals surface area contributed by atoms with Gasteiger partial charge in [0, 0.05) is 18.2 Å². The molecule has 0 aliphatic heterocycles. The number of nitro benzene ring substituents is 1. The van der Waals surface area contributed by atoms with Crippen LogP contribution in [0.15, 0.2) is 36.4 Å². The van der Waals surface area contributed by atoms with Crippen molar-refractivity contribution in [3.05, 3.63) is 63.2 Å². The molecule has 0 radical (unpaired) electrons. The van der Waals surface area contributed by atoms with E-state index in [1.165, 1.54) is 0 Å². The molecule has 0 aromatic heterocycles. The second-order valence-corrected chi connectivity index (χ2v) is 4.94. The zero-order chi connectivity index (χ0) is 15.4. The van der Waals surface area contributed by atoms with Crippen LogP contribution in [0.4, 0.5) is 5.69 Å². The van der Waals surface area contributed by atoms with Crippen LogP contribution >= 0.6 is 0 Å². The van der Waals surface area contributed by atoms with Gasteiger partial charge in [-0.2, -0.15) is 0 Å². The molecule has 0 spiro atoms. The monoisotopic (exact) mass is 286 g/mol. The van der Waals surface area contributed by atoms with Gasteiger partial charge in [0.1, 0.15) is 11.5 Å². The first-order valence-corrected chi connectivity index (χ1v) is 6.68. The molecule has 0 aliphatic carbocycles. The third-order valence-corrected chi connectivity index (χ3v) is 3.20. The molecule has 110 valence electrons. The van der Waals surface area contributed by atoms with E-state index >= 15 is 0 Å². The first-order chi connectivity index (χ1) is 10.0. The minimum Gasteiger partial charge on any atom is -0.457 e. The molecule has 1 N–H and O–H groups in total. The lowest BCUT2D eigenvalue weighted by atomic mass is 10.1. The molecule has 0 aliphatic rings. The molecule has 0 atom stereocenters. The Labute approximate surface area is 123 Å². The summed E-state index contributed by atoms with van der Waals surface area (Å²) in [6, 6.07) is 11.0. The molecule has 5 nitrogen and oxygen atoms in total. The van der Waals surface area contributed by atoms with Crippen molar-refractivity contribution in [3.8, 4) is 11.5 Å². The first kappa shape index (κ1) is 15.0. The Kier molecular flexibility index (Phi) is 4.55. The van der Waals surface area contributed by atoms with E-state index in [2.05, 4.69) is 5.32 Å². The van der Waals surface area contributed by atoms with Crippen molar-refractivity contribution in [2.45, 2.75) is 20.4 Å². The zero-order valence-corrected chi connectivity index (χ0v) is 12.3. The number of nitro groups is 1. The molecule has 0 fully saturated rings. The van der Waals surface area contributed by atoms with E-state index in [4.69, 9.17) is 4.74 Å². The highest BCUT2D eigenvalue weighted by molar-refractivity contribution is 5.50. The van der Waals surface area contributed by atoms with Gasteiger partial charge in [-0.15, -0.1) is 0 Å². The van der Waals surface area contributed by atoms with Gasteiger partial charge in [-0.25, -0.2) is 0 Å². The van der Waals surface area contributed by atoms with Crippen LogP contribution in [-0.4, -0.2) is 12.0 Å². The van der Waals surface area contributed by atoms with E-state index < -0.39 is 0 Å².